The van der Waals surface area contributed by atoms with Crippen molar-refractivity contribution in [1.29, 1.82) is 5.26 Å². The second-order valence-electron chi connectivity index (χ2n) is 8.18. The van der Waals surface area contributed by atoms with Gasteiger partial charge < -0.3 is 15.2 Å². The van der Waals surface area contributed by atoms with E-state index in [0.29, 0.717) is 12.5 Å². The van der Waals surface area contributed by atoms with E-state index in [9.17, 15) is 9.59 Å². The maximum absolute atomic E-state index is 12.8. The van der Waals surface area contributed by atoms with Gasteiger partial charge in [0.25, 0.3) is 0 Å². The number of anilines is 1. The van der Waals surface area contributed by atoms with Crippen molar-refractivity contribution in [1.82, 2.24) is 15.3 Å². The number of amides is 2. The summed E-state index contributed by atoms with van der Waals surface area (Å²) in [6.07, 6.45) is 1.11. The van der Waals surface area contributed by atoms with E-state index in [1.165, 1.54) is 0 Å². The second kappa shape index (κ2) is 11.1. The van der Waals surface area contributed by atoms with Crippen LogP contribution in [-0.2, 0) is 9.59 Å². The van der Waals surface area contributed by atoms with Crippen LogP contribution in [-0.4, -0.2) is 28.3 Å². The molecule has 3 rings (SSSR count). The summed E-state index contributed by atoms with van der Waals surface area (Å²) < 4.78 is 0. The number of carbonyl (C=O) groups excluding carboxylic acids is 2. The van der Waals surface area contributed by atoms with Crippen LogP contribution in [0.5, 0.6) is 0 Å². The minimum absolute atomic E-state index is 0.0701. The average Bonchev–Trinajstić information content (AvgIpc) is 3.22. The average molecular weight is 432 g/mol. The van der Waals surface area contributed by atoms with Crippen LogP contribution < -0.4 is 10.2 Å². The molecule has 2 aromatic carbocycles. The monoisotopic (exact) mass is 431 g/mol. The normalized spacial score (nSPS) is 11.8. The summed E-state index contributed by atoms with van der Waals surface area (Å²) in [6, 6.07) is 18.8. The summed E-state index contributed by atoms with van der Waals surface area (Å²) in [5, 5.41) is 12.0. The number of aromatic amines is 1. The molecular formula is C25H29N5O2. The van der Waals surface area contributed by atoms with Crippen LogP contribution in [0.15, 0.2) is 54.6 Å². The van der Waals surface area contributed by atoms with Crippen LogP contribution in [0.25, 0.3) is 11.0 Å². The van der Waals surface area contributed by atoms with E-state index in [2.05, 4.69) is 35.2 Å². The lowest BCUT2D eigenvalue weighted by Gasteiger charge is -2.22. The van der Waals surface area contributed by atoms with E-state index in [1.807, 2.05) is 54.6 Å². The number of nitriles is 1. The summed E-state index contributed by atoms with van der Waals surface area (Å²) in [5.41, 5.74) is 2.52. The maximum Gasteiger partial charge on any atom is 0.227 e. The minimum Gasteiger partial charge on any atom is -0.346 e. The second-order valence-corrected chi connectivity index (χ2v) is 8.18. The molecule has 1 aromatic heterocycles. The smallest absolute Gasteiger partial charge is 0.227 e. The van der Waals surface area contributed by atoms with Gasteiger partial charge in [0, 0.05) is 25.1 Å². The first-order valence-electron chi connectivity index (χ1n) is 10.9. The van der Waals surface area contributed by atoms with Gasteiger partial charge >= 0.3 is 0 Å². The fraction of sp³-hybridized carbons (Fsp3) is 0.360. The number of H-pyrrole nitrogens is 1. The summed E-state index contributed by atoms with van der Waals surface area (Å²) >= 11 is 0. The zero-order valence-electron chi connectivity index (χ0n) is 18.5. The number of rotatable bonds is 10. The predicted octanol–water partition coefficient (Wildman–Crippen LogP) is 4.49. The number of aromatic nitrogens is 2. The van der Waals surface area contributed by atoms with Crippen molar-refractivity contribution < 1.29 is 9.59 Å². The number of nitrogens with zero attached hydrogens (tertiary/aromatic N) is 3. The van der Waals surface area contributed by atoms with Gasteiger partial charge in [-0.1, -0.05) is 44.2 Å². The highest BCUT2D eigenvalue weighted by atomic mass is 16.2. The largest absolute Gasteiger partial charge is 0.346 e. The summed E-state index contributed by atoms with van der Waals surface area (Å²) in [5.74, 6) is 0.706. The molecule has 1 unspecified atom stereocenters. The number of benzene rings is 2. The Morgan fingerprint density at radius 2 is 1.81 bits per heavy atom. The molecule has 2 amide bonds. The fourth-order valence-electron chi connectivity index (χ4n) is 3.64. The maximum atomic E-state index is 12.8. The van der Waals surface area contributed by atoms with Crippen molar-refractivity contribution in [3.8, 4) is 6.07 Å². The molecule has 0 aliphatic carbocycles. The zero-order valence-corrected chi connectivity index (χ0v) is 18.5. The molecule has 0 saturated heterocycles. The number of para-hydroxylation sites is 3. The highest BCUT2D eigenvalue weighted by Gasteiger charge is 2.21. The van der Waals surface area contributed by atoms with Crippen molar-refractivity contribution in [2.24, 2.45) is 5.92 Å². The van der Waals surface area contributed by atoms with Gasteiger partial charge in [-0.15, -0.1) is 0 Å². The van der Waals surface area contributed by atoms with Gasteiger partial charge in [-0.3, -0.25) is 9.59 Å². The van der Waals surface area contributed by atoms with Crippen molar-refractivity contribution >= 4 is 28.5 Å². The first kappa shape index (κ1) is 23.0. The SMILES string of the molecule is CC(C)CC(NC(=O)CCC(=O)N(CCC#N)c1ccccc1)c1nc2ccccc2[nH]1. The van der Waals surface area contributed by atoms with Gasteiger partial charge in [-0.2, -0.15) is 5.26 Å². The molecule has 0 bridgehead atoms. The number of fused-ring (bicyclic) bond motifs is 1. The predicted molar refractivity (Wildman–Crippen MR) is 125 cm³/mol. The third kappa shape index (κ3) is 6.17. The minimum atomic E-state index is -0.256. The molecule has 3 aromatic rings. The van der Waals surface area contributed by atoms with Gasteiger partial charge in [-0.25, -0.2) is 4.98 Å². The van der Waals surface area contributed by atoms with E-state index in [1.54, 1.807) is 4.90 Å². The van der Waals surface area contributed by atoms with Crippen LogP contribution in [0.3, 0.4) is 0 Å². The lowest BCUT2D eigenvalue weighted by molar-refractivity contribution is -0.125. The molecule has 0 aliphatic rings. The fourth-order valence-corrected chi connectivity index (χ4v) is 3.64. The molecule has 1 atom stereocenters. The van der Waals surface area contributed by atoms with Gasteiger partial charge in [0.1, 0.15) is 5.82 Å². The standard InChI is InChI=1S/C25H29N5O2/c1-18(2)17-22(25-28-20-11-6-7-12-21(20)29-25)27-23(31)13-14-24(32)30(16-8-15-26)19-9-4-3-5-10-19/h3-7,9-12,18,22H,8,13-14,16-17H2,1-2H3,(H,27,31)(H,28,29). The van der Waals surface area contributed by atoms with Gasteiger partial charge in [0.2, 0.25) is 11.8 Å². The summed E-state index contributed by atoms with van der Waals surface area (Å²) in [7, 11) is 0. The molecular weight excluding hydrogens is 402 g/mol. The van der Waals surface area contributed by atoms with Crippen LogP contribution in [0.1, 0.15) is 51.4 Å². The lowest BCUT2D eigenvalue weighted by atomic mass is 10.0. The molecule has 166 valence electrons. The molecule has 0 spiro atoms. The lowest BCUT2D eigenvalue weighted by Crippen LogP contribution is -2.34. The number of carbonyl (C=O) groups is 2. The van der Waals surface area contributed by atoms with Gasteiger partial charge in [-0.05, 0) is 36.6 Å². The van der Waals surface area contributed by atoms with Gasteiger partial charge in [0.05, 0.1) is 29.6 Å². The molecule has 7 nitrogen and oxygen atoms in total. The van der Waals surface area contributed by atoms with Crippen LogP contribution in [0.4, 0.5) is 5.69 Å². The van der Waals surface area contributed by atoms with Crippen LogP contribution in [0.2, 0.25) is 0 Å². The van der Waals surface area contributed by atoms with Crippen LogP contribution >= 0.6 is 0 Å². The Morgan fingerprint density at radius 1 is 1.09 bits per heavy atom. The highest BCUT2D eigenvalue weighted by Crippen LogP contribution is 2.22. The summed E-state index contributed by atoms with van der Waals surface area (Å²) in [6.45, 7) is 4.49. The van der Waals surface area contributed by atoms with Crippen molar-refractivity contribution in [3.05, 3.63) is 60.4 Å². The Morgan fingerprint density at radius 3 is 2.50 bits per heavy atom. The number of hydrogen-bond donors (Lipinski definition) is 2. The van der Waals surface area contributed by atoms with Crippen LogP contribution in [0, 0.1) is 17.2 Å². The quantitative estimate of drug-likeness (QED) is 0.494. The Balaban J connectivity index is 1.65. The number of imidazole rings is 1. The number of nitrogens with one attached hydrogen (secondary N) is 2. The topological polar surface area (TPSA) is 102 Å². The Kier molecular flexibility index (Phi) is 7.98. The molecule has 7 heteroatoms. The molecule has 0 radical (unpaired) electrons. The van der Waals surface area contributed by atoms with E-state index in [0.717, 1.165) is 29.0 Å². The first-order valence-corrected chi connectivity index (χ1v) is 10.9. The zero-order chi connectivity index (χ0) is 22.9. The molecule has 0 fully saturated rings. The van der Waals surface area contributed by atoms with Crippen molar-refractivity contribution in [2.45, 2.75) is 45.6 Å². The molecule has 2 N–H and O–H groups in total. The van der Waals surface area contributed by atoms with E-state index >= 15 is 0 Å². The first-order chi connectivity index (χ1) is 15.5. The molecule has 0 saturated carbocycles. The Bertz CT molecular complexity index is 1050. The molecule has 0 aliphatic heterocycles. The molecule has 1 heterocycles. The summed E-state index contributed by atoms with van der Waals surface area (Å²) in [4.78, 5) is 35.1. The van der Waals surface area contributed by atoms with E-state index in [4.69, 9.17) is 5.26 Å². The third-order valence-electron chi connectivity index (χ3n) is 5.16. The van der Waals surface area contributed by atoms with Crippen molar-refractivity contribution in [3.63, 3.8) is 0 Å². The number of hydrogen-bond acceptors (Lipinski definition) is 4. The Labute approximate surface area is 188 Å². The molecule has 32 heavy (non-hydrogen) atoms. The third-order valence-corrected chi connectivity index (χ3v) is 5.16. The highest BCUT2D eigenvalue weighted by molar-refractivity contribution is 5.95. The van der Waals surface area contributed by atoms with Gasteiger partial charge in [0.15, 0.2) is 0 Å². The van der Waals surface area contributed by atoms with Crippen molar-refractivity contribution in [2.75, 3.05) is 11.4 Å². The Hall–Kier alpha value is -3.66. The van der Waals surface area contributed by atoms with E-state index in [-0.39, 0.29) is 37.1 Å². The van der Waals surface area contributed by atoms with E-state index < -0.39 is 0 Å².